The van der Waals surface area contributed by atoms with Crippen molar-refractivity contribution in [1.29, 1.82) is 0 Å². The van der Waals surface area contributed by atoms with E-state index in [4.69, 9.17) is 0 Å². The highest BCUT2D eigenvalue weighted by atomic mass is 16.2. The third-order valence-electron chi connectivity index (χ3n) is 6.46. The first kappa shape index (κ1) is 23.1. The Labute approximate surface area is 208 Å². The molecule has 0 bridgehead atoms. The molecule has 0 radical (unpaired) electrons. The van der Waals surface area contributed by atoms with E-state index in [0.717, 1.165) is 11.1 Å². The second-order valence-corrected chi connectivity index (χ2v) is 9.01. The molecule has 36 heavy (non-hydrogen) atoms. The molecule has 4 aromatic rings. The first-order valence-corrected chi connectivity index (χ1v) is 11.7. The lowest BCUT2D eigenvalue weighted by atomic mass is 9.81. The van der Waals surface area contributed by atoms with E-state index < -0.39 is 5.91 Å². The van der Waals surface area contributed by atoms with Crippen molar-refractivity contribution in [2.45, 2.75) is 20.3 Å². The number of nitrogens with one attached hydrogen (secondary N) is 1. The van der Waals surface area contributed by atoms with Crippen molar-refractivity contribution in [2.24, 2.45) is 0 Å². The number of ketones is 3. The Kier molecular flexibility index (Phi) is 5.90. The van der Waals surface area contributed by atoms with Crippen molar-refractivity contribution in [2.75, 3.05) is 5.32 Å². The van der Waals surface area contributed by atoms with E-state index in [1.807, 2.05) is 38.1 Å². The molecule has 0 aliphatic heterocycles. The Morgan fingerprint density at radius 2 is 1.19 bits per heavy atom. The molecule has 1 amide bonds. The standard InChI is InChI=1S/C31H23NO4/c1-18-7-11-20(12-8-18)26(33)17-22-15-16-25-27(30(35)24-6-4-3-5-23(24)29(25)34)28(22)32-31(36)21-13-9-19(2)10-14-21/h3-16H,17H2,1-2H3,(H,32,36). The van der Waals surface area contributed by atoms with E-state index in [9.17, 15) is 19.2 Å². The van der Waals surface area contributed by atoms with Gasteiger partial charge in [0.15, 0.2) is 17.3 Å². The smallest absolute Gasteiger partial charge is 0.255 e. The fourth-order valence-electron chi connectivity index (χ4n) is 4.42. The van der Waals surface area contributed by atoms with Gasteiger partial charge in [0, 0.05) is 34.2 Å². The molecule has 0 aromatic heterocycles. The summed E-state index contributed by atoms with van der Waals surface area (Å²) in [5, 5.41) is 2.86. The van der Waals surface area contributed by atoms with Crippen molar-refractivity contribution < 1.29 is 19.2 Å². The Bertz CT molecular complexity index is 1550. The fourth-order valence-corrected chi connectivity index (χ4v) is 4.42. The van der Waals surface area contributed by atoms with Gasteiger partial charge in [0.25, 0.3) is 5.91 Å². The van der Waals surface area contributed by atoms with E-state index in [2.05, 4.69) is 5.32 Å². The molecule has 1 aliphatic carbocycles. The first-order valence-electron chi connectivity index (χ1n) is 11.7. The molecule has 176 valence electrons. The first-order chi connectivity index (χ1) is 17.3. The van der Waals surface area contributed by atoms with E-state index in [1.165, 1.54) is 0 Å². The molecule has 1 N–H and O–H groups in total. The number of Topliss-reactive ketones (excluding diaryl/α,β-unsaturated/α-hetero) is 1. The fraction of sp³-hybridized carbons (Fsp3) is 0.0968. The van der Waals surface area contributed by atoms with Crippen molar-refractivity contribution in [3.8, 4) is 0 Å². The molecule has 0 atom stereocenters. The zero-order chi connectivity index (χ0) is 25.4. The lowest BCUT2D eigenvalue weighted by Gasteiger charge is -2.23. The lowest BCUT2D eigenvalue weighted by Crippen LogP contribution is -2.25. The summed E-state index contributed by atoms with van der Waals surface area (Å²) in [6, 6.07) is 24.1. The van der Waals surface area contributed by atoms with Gasteiger partial charge in [0.1, 0.15) is 0 Å². The zero-order valence-electron chi connectivity index (χ0n) is 19.9. The SMILES string of the molecule is Cc1ccc(C(=O)Cc2ccc3c(c2NC(=O)c2ccc(C)cc2)C(=O)c2ccccc2C3=O)cc1. The van der Waals surface area contributed by atoms with E-state index >= 15 is 0 Å². The van der Waals surface area contributed by atoms with Gasteiger partial charge in [0.2, 0.25) is 0 Å². The minimum atomic E-state index is -0.424. The van der Waals surface area contributed by atoms with Gasteiger partial charge in [-0.2, -0.15) is 0 Å². The van der Waals surface area contributed by atoms with Gasteiger partial charge in [-0.15, -0.1) is 0 Å². The van der Waals surface area contributed by atoms with Crippen LogP contribution in [0.4, 0.5) is 5.69 Å². The van der Waals surface area contributed by atoms with Gasteiger partial charge in [-0.05, 0) is 37.6 Å². The molecule has 0 fully saturated rings. The van der Waals surface area contributed by atoms with Crippen LogP contribution in [-0.4, -0.2) is 23.3 Å². The third kappa shape index (κ3) is 4.16. The van der Waals surface area contributed by atoms with Crippen LogP contribution in [0.2, 0.25) is 0 Å². The number of carbonyl (C=O) groups excluding carboxylic acids is 4. The minimum Gasteiger partial charge on any atom is -0.321 e. The molecule has 4 aromatic carbocycles. The number of amides is 1. The number of benzene rings is 4. The lowest BCUT2D eigenvalue weighted by molar-refractivity contribution is 0.0976. The maximum atomic E-state index is 13.6. The molecule has 5 heteroatoms. The van der Waals surface area contributed by atoms with Crippen LogP contribution in [0.15, 0.2) is 84.9 Å². The van der Waals surface area contributed by atoms with Gasteiger partial charge in [-0.25, -0.2) is 0 Å². The maximum Gasteiger partial charge on any atom is 0.255 e. The molecule has 0 heterocycles. The summed E-state index contributed by atoms with van der Waals surface area (Å²) in [6.07, 6.45) is -0.0387. The van der Waals surface area contributed by atoms with Crippen LogP contribution in [0, 0.1) is 13.8 Å². The highest BCUT2D eigenvalue weighted by molar-refractivity contribution is 6.31. The molecular formula is C31H23NO4. The van der Waals surface area contributed by atoms with Crippen LogP contribution >= 0.6 is 0 Å². The van der Waals surface area contributed by atoms with Crippen molar-refractivity contribution >= 4 is 28.9 Å². The van der Waals surface area contributed by atoms with Crippen LogP contribution in [0.1, 0.15) is 69.2 Å². The maximum absolute atomic E-state index is 13.6. The van der Waals surface area contributed by atoms with E-state index in [0.29, 0.717) is 22.3 Å². The highest BCUT2D eigenvalue weighted by Crippen LogP contribution is 2.35. The van der Waals surface area contributed by atoms with Crippen molar-refractivity contribution in [3.05, 3.63) is 135 Å². The summed E-state index contributed by atoms with van der Waals surface area (Å²) in [5.74, 6) is -1.23. The van der Waals surface area contributed by atoms with Crippen LogP contribution in [0.25, 0.3) is 0 Å². The van der Waals surface area contributed by atoms with Gasteiger partial charge in [-0.3, -0.25) is 19.2 Å². The van der Waals surface area contributed by atoms with Gasteiger partial charge in [-0.1, -0.05) is 77.9 Å². The highest BCUT2D eigenvalue weighted by Gasteiger charge is 2.33. The summed E-state index contributed by atoms with van der Waals surface area (Å²) < 4.78 is 0. The summed E-state index contributed by atoms with van der Waals surface area (Å²) in [7, 11) is 0. The topological polar surface area (TPSA) is 80.3 Å². The molecule has 5 nitrogen and oxygen atoms in total. The van der Waals surface area contributed by atoms with Crippen LogP contribution in [-0.2, 0) is 6.42 Å². The number of fused-ring (bicyclic) bond motifs is 2. The van der Waals surface area contributed by atoms with Crippen molar-refractivity contribution in [3.63, 3.8) is 0 Å². The summed E-state index contributed by atoms with van der Waals surface area (Å²) in [5.41, 5.74) is 4.59. The summed E-state index contributed by atoms with van der Waals surface area (Å²) >= 11 is 0. The minimum absolute atomic E-state index is 0.0387. The normalized spacial score (nSPS) is 12.1. The molecule has 0 spiro atoms. The van der Waals surface area contributed by atoms with Crippen molar-refractivity contribution in [1.82, 2.24) is 0 Å². The third-order valence-corrected chi connectivity index (χ3v) is 6.46. The second-order valence-electron chi connectivity index (χ2n) is 9.01. The number of rotatable bonds is 5. The predicted octanol–water partition coefficient (Wildman–Crippen LogP) is 5.76. The average molecular weight is 474 g/mol. The molecule has 0 unspecified atom stereocenters. The van der Waals surface area contributed by atoms with E-state index in [-0.39, 0.29) is 46.1 Å². The monoisotopic (exact) mass is 473 g/mol. The number of carbonyl (C=O) groups is 4. The van der Waals surface area contributed by atoms with Gasteiger partial charge in [0.05, 0.1) is 11.3 Å². The Morgan fingerprint density at radius 3 is 1.81 bits per heavy atom. The number of hydrogen-bond acceptors (Lipinski definition) is 4. The largest absolute Gasteiger partial charge is 0.321 e. The number of aryl methyl sites for hydroxylation is 2. The Balaban J connectivity index is 1.61. The average Bonchev–Trinajstić information content (AvgIpc) is 2.88. The molecule has 0 saturated heterocycles. The Hall–Kier alpha value is -4.64. The van der Waals surface area contributed by atoms with Crippen LogP contribution < -0.4 is 5.32 Å². The zero-order valence-corrected chi connectivity index (χ0v) is 19.9. The second kappa shape index (κ2) is 9.19. The van der Waals surface area contributed by atoms with Gasteiger partial charge >= 0.3 is 0 Å². The van der Waals surface area contributed by atoms with Crippen LogP contribution in [0.3, 0.4) is 0 Å². The summed E-state index contributed by atoms with van der Waals surface area (Å²) in [4.78, 5) is 53.2. The number of anilines is 1. The summed E-state index contributed by atoms with van der Waals surface area (Å²) in [6.45, 7) is 3.86. The Morgan fingerprint density at radius 1 is 0.639 bits per heavy atom. The molecule has 1 aliphatic rings. The quantitative estimate of drug-likeness (QED) is 0.329. The molecule has 0 saturated carbocycles. The molecule has 5 rings (SSSR count). The van der Waals surface area contributed by atoms with E-state index in [1.54, 1.807) is 60.7 Å². The van der Waals surface area contributed by atoms with Gasteiger partial charge < -0.3 is 5.32 Å². The predicted molar refractivity (Wildman–Crippen MR) is 138 cm³/mol. The number of hydrogen-bond donors (Lipinski definition) is 1. The molecular weight excluding hydrogens is 450 g/mol. The van der Waals surface area contributed by atoms with Crippen LogP contribution in [0.5, 0.6) is 0 Å².